The predicted molar refractivity (Wildman–Crippen MR) is 99.3 cm³/mol. The van der Waals surface area contributed by atoms with Crippen molar-refractivity contribution in [1.82, 2.24) is 0 Å². The first kappa shape index (κ1) is 24.6. The fourth-order valence-electron chi connectivity index (χ4n) is 2.79. The van der Waals surface area contributed by atoms with Crippen LogP contribution in [0.4, 0.5) is 0 Å². The van der Waals surface area contributed by atoms with Gasteiger partial charge < -0.3 is 9.84 Å². The normalized spacial score (nSPS) is 11.0. The number of rotatable bonds is 10. The Labute approximate surface area is 204 Å². The van der Waals surface area contributed by atoms with Gasteiger partial charge in [0.15, 0.2) is 0 Å². The molecule has 0 spiro atoms. The number of aryl methyl sites for hydroxylation is 1. The van der Waals surface area contributed by atoms with Crippen molar-refractivity contribution in [2.45, 2.75) is 56.8 Å². The van der Waals surface area contributed by atoms with E-state index in [1.807, 2.05) is 18.2 Å². The average molecular weight is 417 g/mol. The van der Waals surface area contributed by atoms with Crippen molar-refractivity contribution in [3.05, 3.63) is 48.0 Å². The Morgan fingerprint density at radius 2 is 1.63 bits per heavy atom. The molecule has 5 nitrogen and oxygen atoms in total. The smallest absolute Gasteiger partial charge is 0.871 e. The second-order valence-corrected chi connectivity index (χ2v) is 7.70. The summed E-state index contributed by atoms with van der Waals surface area (Å²) in [4.78, 5) is -0.598. The van der Waals surface area contributed by atoms with Gasteiger partial charge >= 0.3 is 51.4 Å². The SMILES string of the molecule is CCCCCCCCc1cc(S(=O)(=O)O)c([O-])cc1Oc1ccccc1.[K+]. The van der Waals surface area contributed by atoms with Gasteiger partial charge in [0.1, 0.15) is 11.5 Å². The number of unbranched alkanes of at least 4 members (excludes halogenated alkanes) is 5. The Morgan fingerprint density at radius 3 is 2.26 bits per heavy atom. The molecule has 142 valence electrons. The van der Waals surface area contributed by atoms with E-state index in [-0.39, 0.29) is 51.4 Å². The minimum absolute atomic E-state index is 0. The zero-order valence-electron chi connectivity index (χ0n) is 16.0. The second kappa shape index (κ2) is 12.2. The molecule has 2 aromatic carbocycles. The molecule has 0 saturated carbocycles. The molecule has 0 aliphatic rings. The van der Waals surface area contributed by atoms with Crippen LogP contribution in [0.1, 0.15) is 51.0 Å². The molecule has 7 heteroatoms. The summed E-state index contributed by atoms with van der Waals surface area (Å²) < 4.78 is 37.9. The van der Waals surface area contributed by atoms with E-state index in [0.717, 1.165) is 25.3 Å². The van der Waals surface area contributed by atoms with Gasteiger partial charge in [-0.3, -0.25) is 4.55 Å². The summed E-state index contributed by atoms with van der Waals surface area (Å²) in [6.07, 6.45) is 7.14. The van der Waals surface area contributed by atoms with E-state index >= 15 is 0 Å². The molecule has 27 heavy (non-hydrogen) atoms. The van der Waals surface area contributed by atoms with Gasteiger partial charge in [0, 0.05) is 0 Å². The van der Waals surface area contributed by atoms with Crippen LogP contribution in [0, 0.1) is 0 Å². The van der Waals surface area contributed by atoms with Crippen LogP contribution in [0.5, 0.6) is 17.2 Å². The maximum Gasteiger partial charge on any atom is 1.00 e. The van der Waals surface area contributed by atoms with Gasteiger partial charge in [-0.05, 0) is 42.7 Å². The molecule has 0 heterocycles. The van der Waals surface area contributed by atoms with Gasteiger partial charge in [-0.15, -0.1) is 0 Å². The minimum Gasteiger partial charge on any atom is -0.871 e. The molecule has 0 fully saturated rings. The number of hydrogen-bond acceptors (Lipinski definition) is 4. The first-order chi connectivity index (χ1) is 12.4. The summed E-state index contributed by atoms with van der Waals surface area (Å²) >= 11 is 0. The van der Waals surface area contributed by atoms with Gasteiger partial charge in [0.05, 0.1) is 4.90 Å². The van der Waals surface area contributed by atoms with Crippen molar-refractivity contribution in [3.8, 4) is 17.2 Å². The van der Waals surface area contributed by atoms with Crippen molar-refractivity contribution in [2.75, 3.05) is 0 Å². The van der Waals surface area contributed by atoms with Gasteiger partial charge in [-0.25, -0.2) is 0 Å². The van der Waals surface area contributed by atoms with E-state index in [9.17, 15) is 18.1 Å². The zero-order chi connectivity index (χ0) is 19.0. The summed E-state index contributed by atoms with van der Waals surface area (Å²) in [5, 5.41) is 12.1. The quantitative estimate of drug-likeness (QED) is 0.362. The van der Waals surface area contributed by atoms with E-state index in [0.29, 0.717) is 23.5 Å². The van der Waals surface area contributed by atoms with Gasteiger partial charge in [-0.1, -0.05) is 63.0 Å². The standard InChI is InChI=1S/C20H26O5S.K/c1-2-3-4-5-6-8-11-16-14-20(26(22,23)24)18(21)15-19(16)25-17-12-9-7-10-13-17;/h7,9-10,12-15,21H,2-6,8,11H2,1H3,(H,22,23,24);/q;+1/p-1. The van der Waals surface area contributed by atoms with Crippen LogP contribution in [0.2, 0.25) is 0 Å². The Bertz CT molecular complexity index is 807. The fourth-order valence-corrected chi connectivity index (χ4v) is 3.39. The third-order valence-electron chi connectivity index (χ3n) is 4.18. The van der Waals surface area contributed by atoms with E-state index < -0.39 is 20.8 Å². The van der Waals surface area contributed by atoms with E-state index in [1.165, 1.54) is 25.3 Å². The molecule has 0 bridgehead atoms. The van der Waals surface area contributed by atoms with Crippen LogP contribution in [0.25, 0.3) is 0 Å². The number of para-hydroxylation sites is 1. The minimum atomic E-state index is -4.56. The molecule has 1 N–H and O–H groups in total. The van der Waals surface area contributed by atoms with Crippen LogP contribution in [-0.2, 0) is 16.5 Å². The third-order valence-corrected chi connectivity index (χ3v) is 5.05. The Balaban J connectivity index is 0.00000364. The van der Waals surface area contributed by atoms with Crippen molar-refractivity contribution in [2.24, 2.45) is 0 Å². The van der Waals surface area contributed by atoms with E-state index in [1.54, 1.807) is 12.1 Å². The fraction of sp³-hybridized carbons (Fsp3) is 0.400. The van der Waals surface area contributed by atoms with Crippen molar-refractivity contribution in [1.29, 1.82) is 0 Å². The number of ether oxygens (including phenoxy) is 1. The van der Waals surface area contributed by atoms with Crippen LogP contribution in [0.15, 0.2) is 47.4 Å². The Morgan fingerprint density at radius 1 is 1.00 bits per heavy atom. The van der Waals surface area contributed by atoms with Crippen molar-refractivity contribution in [3.63, 3.8) is 0 Å². The summed E-state index contributed by atoms with van der Waals surface area (Å²) in [7, 11) is -4.56. The van der Waals surface area contributed by atoms with Crippen LogP contribution in [0.3, 0.4) is 0 Å². The molecular formula is C20H25KO5S. The third kappa shape index (κ3) is 8.23. The zero-order valence-corrected chi connectivity index (χ0v) is 19.9. The van der Waals surface area contributed by atoms with Crippen molar-refractivity contribution < 1.29 is 74.2 Å². The van der Waals surface area contributed by atoms with Crippen LogP contribution in [-0.4, -0.2) is 13.0 Å². The number of hydrogen-bond donors (Lipinski definition) is 1. The van der Waals surface area contributed by atoms with Gasteiger partial charge in [0.25, 0.3) is 10.1 Å². The Kier molecular flexibility index (Phi) is 11.1. The maximum atomic E-state index is 12.1. The summed E-state index contributed by atoms with van der Waals surface area (Å²) in [5.74, 6) is 0.128. The topological polar surface area (TPSA) is 86.7 Å². The van der Waals surface area contributed by atoms with Gasteiger partial charge in [0.2, 0.25) is 0 Å². The molecule has 0 atom stereocenters. The Hall–Kier alpha value is -0.414. The van der Waals surface area contributed by atoms with E-state index in [2.05, 4.69) is 6.92 Å². The summed E-state index contributed by atoms with van der Waals surface area (Å²) in [6.45, 7) is 2.16. The molecule has 2 aromatic rings. The van der Waals surface area contributed by atoms with Crippen molar-refractivity contribution >= 4 is 10.1 Å². The monoisotopic (exact) mass is 416 g/mol. The largest absolute Gasteiger partial charge is 1.00 e. The average Bonchev–Trinajstić information content (AvgIpc) is 2.59. The summed E-state index contributed by atoms with van der Waals surface area (Å²) in [5.41, 5.74) is 0.608. The molecule has 0 saturated heterocycles. The number of benzene rings is 2. The molecular weight excluding hydrogens is 391 g/mol. The first-order valence-corrected chi connectivity index (χ1v) is 10.4. The first-order valence-electron chi connectivity index (χ1n) is 8.96. The second-order valence-electron chi connectivity index (χ2n) is 6.31. The molecule has 2 rings (SSSR count). The molecule has 0 amide bonds. The summed E-state index contributed by atoms with van der Waals surface area (Å²) in [6, 6.07) is 11.4. The maximum absolute atomic E-state index is 12.1. The molecule has 0 aliphatic heterocycles. The van der Waals surface area contributed by atoms with E-state index in [4.69, 9.17) is 4.74 Å². The molecule has 0 radical (unpaired) electrons. The van der Waals surface area contributed by atoms with Crippen LogP contribution >= 0.6 is 0 Å². The van der Waals surface area contributed by atoms with Crippen LogP contribution < -0.4 is 61.2 Å². The predicted octanol–water partition coefficient (Wildman–Crippen LogP) is 1.71. The van der Waals surface area contributed by atoms with Gasteiger partial charge in [-0.2, -0.15) is 8.42 Å². The molecule has 0 aliphatic carbocycles. The molecule has 0 unspecified atom stereocenters. The molecule has 0 aromatic heterocycles.